The molecule has 0 bridgehead atoms. The van der Waals surface area contributed by atoms with Crippen molar-refractivity contribution in [3.05, 3.63) is 29.3 Å². The number of rotatable bonds is 5. The van der Waals surface area contributed by atoms with Crippen LogP contribution in [0.2, 0.25) is 0 Å². The van der Waals surface area contributed by atoms with E-state index < -0.39 is 0 Å². The van der Waals surface area contributed by atoms with Crippen molar-refractivity contribution < 1.29 is 4.74 Å². The van der Waals surface area contributed by atoms with Crippen LogP contribution in [0.4, 0.5) is 0 Å². The Kier molecular flexibility index (Phi) is 4.65. The van der Waals surface area contributed by atoms with Gasteiger partial charge in [-0.05, 0) is 62.4 Å². The summed E-state index contributed by atoms with van der Waals surface area (Å²) in [6.07, 6.45) is 6.22. The summed E-state index contributed by atoms with van der Waals surface area (Å²) in [6.45, 7) is 4.37. The summed E-state index contributed by atoms with van der Waals surface area (Å²) in [5, 5.41) is 3.41. The molecule has 0 saturated carbocycles. The molecule has 0 amide bonds. The van der Waals surface area contributed by atoms with Crippen molar-refractivity contribution >= 4 is 0 Å². The lowest BCUT2D eigenvalue weighted by atomic mass is 9.87. The number of nitrogens with one attached hydrogen (secondary N) is 1. The van der Waals surface area contributed by atoms with Gasteiger partial charge in [0, 0.05) is 6.04 Å². The van der Waals surface area contributed by atoms with Gasteiger partial charge in [-0.3, -0.25) is 0 Å². The molecule has 100 valence electrons. The molecule has 1 atom stereocenters. The van der Waals surface area contributed by atoms with Gasteiger partial charge in [-0.2, -0.15) is 0 Å². The Morgan fingerprint density at radius 2 is 2.11 bits per heavy atom. The van der Waals surface area contributed by atoms with Gasteiger partial charge in [0.1, 0.15) is 5.75 Å². The van der Waals surface area contributed by atoms with Crippen LogP contribution in [0, 0.1) is 0 Å². The van der Waals surface area contributed by atoms with Gasteiger partial charge in [0.2, 0.25) is 0 Å². The highest BCUT2D eigenvalue weighted by Crippen LogP contribution is 2.32. The summed E-state index contributed by atoms with van der Waals surface area (Å²) in [4.78, 5) is 0. The van der Waals surface area contributed by atoms with E-state index in [0.29, 0.717) is 12.1 Å². The topological polar surface area (TPSA) is 21.3 Å². The molecule has 2 heteroatoms. The van der Waals surface area contributed by atoms with E-state index in [1.807, 2.05) is 7.05 Å². The summed E-state index contributed by atoms with van der Waals surface area (Å²) in [5.41, 5.74) is 2.92. The molecule has 2 rings (SSSR count). The fourth-order valence-electron chi connectivity index (χ4n) is 2.80. The fourth-order valence-corrected chi connectivity index (χ4v) is 2.80. The third-order valence-electron chi connectivity index (χ3n) is 3.99. The maximum atomic E-state index is 6.04. The van der Waals surface area contributed by atoms with Crippen molar-refractivity contribution in [2.24, 2.45) is 0 Å². The van der Waals surface area contributed by atoms with E-state index in [2.05, 4.69) is 37.4 Å². The molecule has 1 aliphatic rings. The molecule has 0 aliphatic heterocycles. The monoisotopic (exact) mass is 247 g/mol. The second kappa shape index (κ2) is 6.24. The number of hydrogen-bond acceptors (Lipinski definition) is 2. The van der Waals surface area contributed by atoms with E-state index in [0.717, 1.165) is 18.6 Å². The number of benzene rings is 1. The molecule has 1 unspecified atom stereocenters. The lowest BCUT2D eigenvalue weighted by molar-refractivity contribution is 0.192. The molecule has 1 aromatic rings. The number of ether oxygens (including phenoxy) is 1. The molecule has 0 aromatic heterocycles. The molecule has 0 fully saturated rings. The van der Waals surface area contributed by atoms with Gasteiger partial charge >= 0.3 is 0 Å². The Labute approximate surface area is 111 Å². The van der Waals surface area contributed by atoms with Gasteiger partial charge in [0.15, 0.2) is 0 Å². The lowest BCUT2D eigenvalue weighted by Crippen LogP contribution is -2.22. The average molecular weight is 247 g/mol. The van der Waals surface area contributed by atoms with Crippen LogP contribution in [0.5, 0.6) is 5.75 Å². The molecule has 1 aliphatic carbocycles. The van der Waals surface area contributed by atoms with Crippen LogP contribution in [-0.2, 0) is 6.42 Å². The predicted molar refractivity (Wildman–Crippen MR) is 76.2 cm³/mol. The summed E-state index contributed by atoms with van der Waals surface area (Å²) in [5.74, 6) is 1.03. The predicted octanol–water partition coefficient (Wildman–Crippen LogP) is 3.85. The van der Waals surface area contributed by atoms with Crippen molar-refractivity contribution in [1.29, 1.82) is 0 Å². The SMILES string of the molecule is CCC(CC)Oc1ccc2c(c1)C(NC)CCC2. The molecule has 0 radical (unpaired) electrons. The van der Waals surface area contributed by atoms with Crippen LogP contribution >= 0.6 is 0 Å². The summed E-state index contributed by atoms with van der Waals surface area (Å²) in [7, 11) is 2.05. The third-order valence-corrected chi connectivity index (χ3v) is 3.99. The van der Waals surface area contributed by atoms with E-state index >= 15 is 0 Å². The zero-order chi connectivity index (χ0) is 13.0. The van der Waals surface area contributed by atoms with Crippen molar-refractivity contribution in [1.82, 2.24) is 5.32 Å². The average Bonchev–Trinajstić information content (AvgIpc) is 2.43. The molecule has 2 nitrogen and oxygen atoms in total. The normalized spacial score (nSPS) is 18.8. The lowest BCUT2D eigenvalue weighted by Gasteiger charge is -2.26. The van der Waals surface area contributed by atoms with E-state index in [4.69, 9.17) is 4.74 Å². The van der Waals surface area contributed by atoms with Gasteiger partial charge in [0.05, 0.1) is 6.10 Å². The minimum absolute atomic E-state index is 0.347. The van der Waals surface area contributed by atoms with Crippen LogP contribution in [0.3, 0.4) is 0 Å². The van der Waals surface area contributed by atoms with Crippen LogP contribution in [0.15, 0.2) is 18.2 Å². The zero-order valence-corrected chi connectivity index (χ0v) is 11.8. The largest absolute Gasteiger partial charge is 0.490 e. The quantitative estimate of drug-likeness (QED) is 0.853. The minimum Gasteiger partial charge on any atom is -0.490 e. The molecule has 0 saturated heterocycles. The molecule has 1 aromatic carbocycles. The molecule has 1 N–H and O–H groups in total. The first-order valence-electron chi connectivity index (χ1n) is 7.25. The molecule has 0 heterocycles. The first kappa shape index (κ1) is 13.4. The second-order valence-corrected chi connectivity index (χ2v) is 5.15. The van der Waals surface area contributed by atoms with Crippen molar-refractivity contribution in [2.75, 3.05) is 7.05 Å². The fraction of sp³-hybridized carbons (Fsp3) is 0.625. The second-order valence-electron chi connectivity index (χ2n) is 5.15. The number of hydrogen-bond donors (Lipinski definition) is 1. The van der Waals surface area contributed by atoms with Gasteiger partial charge in [-0.25, -0.2) is 0 Å². The minimum atomic E-state index is 0.347. The smallest absolute Gasteiger partial charge is 0.120 e. The Morgan fingerprint density at radius 1 is 1.33 bits per heavy atom. The number of aryl methyl sites for hydroxylation is 1. The van der Waals surface area contributed by atoms with Crippen molar-refractivity contribution in [3.63, 3.8) is 0 Å². The van der Waals surface area contributed by atoms with Gasteiger partial charge in [0.25, 0.3) is 0 Å². The highest BCUT2D eigenvalue weighted by atomic mass is 16.5. The third kappa shape index (κ3) is 2.86. The maximum Gasteiger partial charge on any atom is 0.120 e. The molecule has 18 heavy (non-hydrogen) atoms. The Balaban J connectivity index is 2.19. The summed E-state index contributed by atoms with van der Waals surface area (Å²) < 4.78 is 6.04. The Morgan fingerprint density at radius 3 is 2.78 bits per heavy atom. The van der Waals surface area contributed by atoms with Crippen LogP contribution < -0.4 is 10.1 Å². The maximum absolute atomic E-state index is 6.04. The molecular weight excluding hydrogens is 222 g/mol. The highest BCUT2D eigenvalue weighted by molar-refractivity contribution is 5.39. The molecule has 0 spiro atoms. The van der Waals surface area contributed by atoms with Crippen LogP contribution in [-0.4, -0.2) is 13.2 Å². The van der Waals surface area contributed by atoms with Crippen LogP contribution in [0.1, 0.15) is 56.7 Å². The Hall–Kier alpha value is -1.02. The van der Waals surface area contributed by atoms with Crippen molar-refractivity contribution in [2.45, 2.75) is 58.1 Å². The standard InChI is InChI=1S/C16H25NO/c1-4-13(5-2)18-14-10-9-12-7-6-8-16(17-3)15(12)11-14/h9-11,13,16-17H,4-8H2,1-3H3. The summed E-state index contributed by atoms with van der Waals surface area (Å²) >= 11 is 0. The highest BCUT2D eigenvalue weighted by Gasteiger charge is 2.19. The first-order valence-corrected chi connectivity index (χ1v) is 7.25. The molecular formula is C16H25NO. The van der Waals surface area contributed by atoms with Crippen molar-refractivity contribution in [3.8, 4) is 5.75 Å². The van der Waals surface area contributed by atoms with E-state index in [-0.39, 0.29) is 0 Å². The van der Waals surface area contributed by atoms with E-state index in [1.165, 1.54) is 30.4 Å². The van der Waals surface area contributed by atoms with Gasteiger partial charge in [-0.1, -0.05) is 19.9 Å². The van der Waals surface area contributed by atoms with E-state index in [1.54, 1.807) is 0 Å². The Bertz CT molecular complexity index is 385. The first-order chi connectivity index (χ1) is 8.78. The van der Waals surface area contributed by atoms with E-state index in [9.17, 15) is 0 Å². The summed E-state index contributed by atoms with van der Waals surface area (Å²) in [6, 6.07) is 7.12. The van der Waals surface area contributed by atoms with Gasteiger partial charge in [-0.15, -0.1) is 0 Å². The van der Waals surface area contributed by atoms with Gasteiger partial charge < -0.3 is 10.1 Å². The zero-order valence-electron chi connectivity index (χ0n) is 11.8. The number of fused-ring (bicyclic) bond motifs is 1. The van der Waals surface area contributed by atoms with Crippen LogP contribution in [0.25, 0.3) is 0 Å².